The molecule has 28 heavy (non-hydrogen) atoms. The molecule has 1 aromatic carbocycles. The third kappa shape index (κ3) is 6.02. The van der Waals surface area contributed by atoms with Crippen molar-refractivity contribution in [3.05, 3.63) is 52.0 Å². The number of carbonyl (C=O) groups excluding carboxylic acids is 4. The Morgan fingerprint density at radius 2 is 1.71 bits per heavy atom. The molecule has 10 heteroatoms. The lowest BCUT2D eigenvalue weighted by molar-refractivity contribution is -0.142. The highest BCUT2D eigenvalue weighted by molar-refractivity contribution is 7.10. The standard InChI is InChI=1S/C18H16N2O7S/c1-25-17(23)11-7-12(18(24)26-2)9-13(8-11)20-14(21)10-27-16(22)4-3-15-19-5-6-28-15/h3-9H,10H2,1-2H3,(H,20,21). The van der Waals surface area contributed by atoms with Crippen molar-refractivity contribution >= 4 is 46.9 Å². The number of hydrogen-bond donors (Lipinski definition) is 1. The summed E-state index contributed by atoms with van der Waals surface area (Å²) in [6, 6.07) is 3.91. The van der Waals surface area contributed by atoms with Gasteiger partial charge in [-0.3, -0.25) is 4.79 Å². The number of anilines is 1. The summed E-state index contributed by atoms with van der Waals surface area (Å²) in [4.78, 5) is 51.1. The third-order valence-corrected chi connectivity index (χ3v) is 3.96. The van der Waals surface area contributed by atoms with Gasteiger partial charge in [0, 0.05) is 23.3 Å². The fourth-order valence-corrected chi connectivity index (χ4v) is 2.54. The van der Waals surface area contributed by atoms with Gasteiger partial charge in [0.05, 0.1) is 25.3 Å². The van der Waals surface area contributed by atoms with Crippen molar-refractivity contribution in [1.82, 2.24) is 4.98 Å². The highest BCUT2D eigenvalue weighted by Crippen LogP contribution is 2.17. The van der Waals surface area contributed by atoms with Crippen LogP contribution in [0, 0.1) is 0 Å². The van der Waals surface area contributed by atoms with Crippen LogP contribution < -0.4 is 5.32 Å². The lowest BCUT2D eigenvalue weighted by Gasteiger charge is -2.09. The van der Waals surface area contributed by atoms with E-state index in [1.807, 2.05) is 0 Å². The van der Waals surface area contributed by atoms with E-state index in [-0.39, 0.29) is 16.8 Å². The molecule has 0 aliphatic heterocycles. The molecule has 0 fully saturated rings. The number of nitrogens with zero attached hydrogens (tertiary/aromatic N) is 1. The molecule has 0 bridgehead atoms. The Kier molecular flexibility index (Phi) is 7.40. The Balaban J connectivity index is 2.01. The maximum absolute atomic E-state index is 12.0. The van der Waals surface area contributed by atoms with Crippen molar-refractivity contribution in [2.75, 3.05) is 26.1 Å². The van der Waals surface area contributed by atoms with Gasteiger partial charge in [-0.05, 0) is 24.3 Å². The Bertz CT molecular complexity index is 872. The van der Waals surface area contributed by atoms with Gasteiger partial charge in [0.2, 0.25) is 0 Å². The first-order chi connectivity index (χ1) is 13.4. The highest BCUT2D eigenvalue weighted by atomic mass is 32.1. The highest BCUT2D eigenvalue weighted by Gasteiger charge is 2.15. The van der Waals surface area contributed by atoms with E-state index in [0.717, 1.165) is 6.08 Å². The molecule has 2 rings (SSSR count). The minimum absolute atomic E-state index is 0.0454. The van der Waals surface area contributed by atoms with E-state index in [4.69, 9.17) is 4.74 Å². The predicted molar refractivity (Wildman–Crippen MR) is 99.9 cm³/mol. The van der Waals surface area contributed by atoms with Gasteiger partial charge < -0.3 is 19.5 Å². The van der Waals surface area contributed by atoms with Gasteiger partial charge in [-0.2, -0.15) is 0 Å². The van der Waals surface area contributed by atoms with Gasteiger partial charge >= 0.3 is 17.9 Å². The van der Waals surface area contributed by atoms with Crippen molar-refractivity contribution in [2.45, 2.75) is 0 Å². The SMILES string of the molecule is COC(=O)c1cc(NC(=O)COC(=O)C=Cc2nccs2)cc(C(=O)OC)c1. The molecule has 9 nitrogen and oxygen atoms in total. The summed E-state index contributed by atoms with van der Waals surface area (Å²) in [5, 5.41) is 4.81. The topological polar surface area (TPSA) is 121 Å². The second kappa shape index (κ2) is 9.97. The van der Waals surface area contributed by atoms with E-state index >= 15 is 0 Å². The van der Waals surface area contributed by atoms with Crippen LogP contribution in [0.2, 0.25) is 0 Å². The Morgan fingerprint density at radius 3 is 2.25 bits per heavy atom. The van der Waals surface area contributed by atoms with Crippen molar-refractivity contribution in [3.63, 3.8) is 0 Å². The quantitative estimate of drug-likeness (QED) is 0.422. The average Bonchev–Trinajstić information content (AvgIpc) is 3.22. The van der Waals surface area contributed by atoms with Crippen LogP contribution in [0.15, 0.2) is 35.9 Å². The first-order valence-electron chi connectivity index (χ1n) is 7.79. The molecule has 0 radical (unpaired) electrons. The van der Waals surface area contributed by atoms with Crippen LogP contribution in [0.4, 0.5) is 5.69 Å². The molecule has 0 saturated carbocycles. The number of esters is 3. The fourth-order valence-electron chi connectivity index (χ4n) is 2.01. The van der Waals surface area contributed by atoms with E-state index in [2.05, 4.69) is 19.8 Å². The zero-order chi connectivity index (χ0) is 20.5. The molecule has 1 heterocycles. The molecule has 0 spiro atoms. The number of methoxy groups -OCH3 is 2. The normalized spacial score (nSPS) is 10.4. The summed E-state index contributed by atoms with van der Waals surface area (Å²) >= 11 is 1.34. The lowest BCUT2D eigenvalue weighted by atomic mass is 10.1. The maximum Gasteiger partial charge on any atom is 0.337 e. The van der Waals surface area contributed by atoms with E-state index in [9.17, 15) is 19.2 Å². The molecule has 0 aliphatic rings. The first-order valence-corrected chi connectivity index (χ1v) is 8.66. The van der Waals surface area contributed by atoms with Crippen LogP contribution >= 0.6 is 11.3 Å². The number of rotatable bonds is 7. The zero-order valence-electron chi connectivity index (χ0n) is 15.0. The van der Waals surface area contributed by atoms with E-state index in [1.165, 1.54) is 49.8 Å². The minimum Gasteiger partial charge on any atom is -0.465 e. The van der Waals surface area contributed by atoms with Crippen molar-refractivity contribution in [2.24, 2.45) is 0 Å². The number of aromatic nitrogens is 1. The molecule has 0 aliphatic carbocycles. The van der Waals surface area contributed by atoms with Crippen LogP contribution in [0.25, 0.3) is 6.08 Å². The van der Waals surface area contributed by atoms with Gasteiger partial charge in [0.15, 0.2) is 6.61 Å². The summed E-state index contributed by atoms with van der Waals surface area (Å²) in [6.45, 7) is -0.558. The van der Waals surface area contributed by atoms with Crippen molar-refractivity contribution in [3.8, 4) is 0 Å². The summed E-state index contributed by atoms with van der Waals surface area (Å²) in [7, 11) is 2.37. The molecule has 0 unspecified atom stereocenters. The summed E-state index contributed by atoms with van der Waals surface area (Å²) < 4.78 is 14.1. The fraction of sp³-hybridized carbons (Fsp3) is 0.167. The van der Waals surface area contributed by atoms with Crippen molar-refractivity contribution < 1.29 is 33.4 Å². The molecule has 146 valence electrons. The maximum atomic E-state index is 12.0. The number of benzene rings is 1. The molecule has 2 aromatic rings. The molecule has 1 N–H and O–H groups in total. The van der Waals surface area contributed by atoms with Gasteiger partial charge in [-0.25, -0.2) is 19.4 Å². The number of nitrogens with one attached hydrogen (secondary N) is 1. The number of carbonyl (C=O) groups is 4. The Labute approximate surface area is 163 Å². The number of ether oxygens (including phenoxy) is 3. The zero-order valence-corrected chi connectivity index (χ0v) is 15.8. The first kappa shape index (κ1) is 20.8. The van der Waals surface area contributed by atoms with Crippen molar-refractivity contribution in [1.29, 1.82) is 0 Å². The van der Waals surface area contributed by atoms with Gasteiger partial charge in [0.25, 0.3) is 5.91 Å². The predicted octanol–water partition coefficient (Wildman–Crippen LogP) is 1.91. The van der Waals surface area contributed by atoms with Gasteiger partial charge in [-0.1, -0.05) is 0 Å². The van der Waals surface area contributed by atoms with Crippen LogP contribution in [0.3, 0.4) is 0 Å². The molecule has 0 atom stereocenters. The Morgan fingerprint density at radius 1 is 1.07 bits per heavy atom. The van der Waals surface area contributed by atoms with E-state index in [1.54, 1.807) is 11.6 Å². The summed E-state index contributed by atoms with van der Waals surface area (Å²) in [5.74, 6) is -2.77. The summed E-state index contributed by atoms with van der Waals surface area (Å²) in [5.41, 5.74) is 0.232. The number of thiazole rings is 1. The lowest BCUT2D eigenvalue weighted by Crippen LogP contribution is -2.20. The van der Waals surface area contributed by atoms with Crippen LogP contribution in [0.1, 0.15) is 25.7 Å². The number of amides is 1. The van der Waals surface area contributed by atoms with Crippen LogP contribution in [-0.2, 0) is 23.8 Å². The number of hydrogen-bond acceptors (Lipinski definition) is 9. The minimum atomic E-state index is -0.719. The van der Waals surface area contributed by atoms with Gasteiger partial charge in [0.1, 0.15) is 5.01 Å². The monoisotopic (exact) mass is 404 g/mol. The van der Waals surface area contributed by atoms with E-state index < -0.39 is 30.4 Å². The smallest absolute Gasteiger partial charge is 0.337 e. The third-order valence-electron chi connectivity index (χ3n) is 3.22. The molecule has 0 saturated heterocycles. The second-order valence-electron chi connectivity index (χ2n) is 5.14. The van der Waals surface area contributed by atoms with Gasteiger partial charge in [-0.15, -0.1) is 11.3 Å². The Hall–Kier alpha value is -3.53. The van der Waals surface area contributed by atoms with E-state index in [0.29, 0.717) is 5.01 Å². The summed E-state index contributed by atoms with van der Waals surface area (Å²) in [6.07, 6.45) is 4.21. The molecular weight excluding hydrogens is 388 g/mol. The largest absolute Gasteiger partial charge is 0.465 e. The van der Waals surface area contributed by atoms with Crippen LogP contribution in [-0.4, -0.2) is 49.6 Å². The second-order valence-corrected chi connectivity index (χ2v) is 6.07. The molecule has 1 amide bonds. The molecular formula is C18H16N2O7S. The van der Waals surface area contributed by atoms with Crippen LogP contribution in [0.5, 0.6) is 0 Å². The average molecular weight is 404 g/mol. The molecule has 1 aromatic heterocycles.